The monoisotopic (exact) mass is 437 g/mol. The van der Waals surface area contributed by atoms with Crippen molar-refractivity contribution < 1.29 is 23.8 Å². The minimum atomic E-state index is -0.480. The van der Waals surface area contributed by atoms with Crippen LogP contribution in [0.25, 0.3) is 0 Å². The lowest BCUT2D eigenvalue weighted by Crippen LogP contribution is -2.28. The van der Waals surface area contributed by atoms with Gasteiger partial charge >= 0.3 is 5.97 Å². The van der Waals surface area contributed by atoms with Gasteiger partial charge in [-0.2, -0.15) is 5.10 Å². The Hall–Kier alpha value is -3.81. The minimum absolute atomic E-state index is 0.190. The number of aromatic nitrogens is 2. The molecular formula is C24H27N3O5. The fourth-order valence-electron chi connectivity index (χ4n) is 3.31. The van der Waals surface area contributed by atoms with Gasteiger partial charge in [0.2, 0.25) is 0 Å². The first-order chi connectivity index (χ1) is 15.4. The van der Waals surface area contributed by atoms with Gasteiger partial charge in [-0.15, -0.1) is 0 Å². The van der Waals surface area contributed by atoms with Crippen molar-refractivity contribution in [1.82, 2.24) is 15.1 Å². The van der Waals surface area contributed by atoms with E-state index in [1.165, 1.54) is 20.3 Å². The molecule has 3 aromatic rings. The molecule has 0 unspecified atom stereocenters. The quantitative estimate of drug-likeness (QED) is 0.518. The molecule has 8 heteroatoms. The molecule has 1 amide bonds. The van der Waals surface area contributed by atoms with Crippen LogP contribution in [0.1, 0.15) is 32.9 Å². The van der Waals surface area contributed by atoms with Crippen LogP contribution in [0.3, 0.4) is 0 Å². The van der Waals surface area contributed by atoms with Gasteiger partial charge in [0, 0.05) is 17.8 Å². The first-order valence-electron chi connectivity index (χ1n) is 10.2. The number of methoxy groups -OCH3 is 2. The number of nitrogens with zero attached hydrogens (tertiary/aromatic N) is 2. The Kier molecular flexibility index (Phi) is 7.49. The van der Waals surface area contributed by atoms with Gasteiger partial charge in [0.15, 0.2) is 18.1 Å². The Morgan fingerprint density at radius 2 is 1.78 bits per heavy atom. The predicted octanol–water partition coefficient (Wildman–Crippen LogP) is 3.04. The average molecular weight is 437 g/mol. The van der Waals surface area contributed by atoms with Crippen molar-refractivity contribution in [3.8, 4) is 11.5 Å². The molecule has 0 atom stereocenters. The van der Waals surface area contributed by atoms with Gasteiger partial charge in [0.1, 0.15) is 0 Å². The van der Waals surface area contributed by atoms with Gasteiger partial charge in [-0.05, 0) is 37.6 Å². The molecule has 3 rings (SSSR count). The average Bonchev–Trinajstić information content (AvgIpc) is 3.08. The van der Waals surface area contributed by atoms with E-state index in [9.17, 15) is 9.59 Å². The molecular weight excluding hydrogens is 410 g/mol. The molecule has 1 aromatic heterocycles. The molecule has 8 nitrogen and oxygen atoms in total. The van der Waals surface area contributed by atoms with Gasteiger partial charge in [-0.3, -0.25) is 9.48 Å². The standard InChI is InChI=1S/C24H27N3O5/c1-16-20(17(2)27(26-16)14-18-8-6-5-7-9-18)13-25-23(28)15-32-21-11-10-19(24(29)31-4)12-22(21)30-3/h5-12H,13-15H2,1-4H3,(H,25,28). The van der Waals surface area contributed by atoms with E-state index in [0.29, 0.717) is 30.2 Å². The predicted molar refractivity (Wildman–Crippen MR) is 119 cm³/mol. The molecule has 1 N–H and O–H groups in total. The summed E-state index contributed by atoms with van der Waals surface area (Å²) in [6.45, 7) is 4.76. The number of nitrogens with one attached hydrogen (secondary N) is 1. The first kappa shape index (κ1) is 22.9. The normalized spacial score (nSPS) is 10.5. The fourth-order valence-corrected chi connectivity index (χ4v) is 3.31. The molecule has 0 saturated carbocycles. The third kappa shape index (κ3) is 5.46. The van der Waals surface area contributed by atoms with E-state index >= 15 is 0 Å². The molecule has 168 valence electrons. The number of amides is 1. The lowest BCUT2D eigenvalue weighted by molar-refractivity contribution is -0.123. The molecule has 0 aliphatic rings. The van der Waals surface area contributed by atoms with Crippen molar-refractivity contribution in [3.63, 3.8) is 0 Å². The third-order valence-corrected chi connectivity index (χ3v) is 5.11. The minimum Gasteiger partial charge on any atom is -0.493 e. The lowest BCUT2D eigenvalue weighted by Gasteiger charge is -2.12. The van der Waals surface area contributed by atoms with Crippen LogP contribution in [0.15, 0.2) is 48.5 Å². The number of carbonyl (C=O) groups is 2. The zero-order valence-electron chi connectivity index (χ0n) is 18.7. The lowest BCUT2D eigenvalue weighted by atomic mass is 10.2. The number of ether oxygens (including phenoxy) is 3. The smallest absolute Gasteiger partial charge is 0.337 e. The van der Waals surface area contributed by atoms with Crippen LogP contribution in [0.2, 0.25) is 0 Å². The van der Waals surface area contributed by atoms with Gasteiger partial charge < -0.3 is 19.5 Å². The summed E-state index contributed by atoms with van der Waals surface area (Å²) in [7, 11) is 2.76. The molecule has 0 spiro atoms. The maximum Gasteiger partial charge on any atom is 0.337 e. The first-order valence-corrected chi connectivity index (χ1v) is 10.2. The van der Waals surface area contributed by atoms with Crippen LogP contribution in [0.5, 0.6) is 11.5 Å². The van der Waals surface area contributed by atoms with E-state index in [4.69, 9.17) is 14.2 Å². The number of aryl methyl sites for hydroxylation is 1. The summed E-state index contributed by atoms with van der Waals surface area (Å²) in [6.07, 6.45) is 0. The molecule has 2 aromatic carbocycles. The molecule has 0 bridgehead atoms. The number of carbonyl (C=O) groups excluding carboxylic acids is 2. The molecule has 0 radical (unpaired) electrons. The highest BCUT2D eigenvalue weighted by atomic mass is 16.5. The second-order valence-electron chi connectivity index (χ2n) is 7.22. The molecule has 0 aliphatic heterocycles. The topological polar surface area (TPSA) is 91.7 Å². The SMILES string of the molecule is COC(=O)c1ccc(OCC(=O)NCc2c(C)nn(Cc3ccccc3)c2C)c(OC)c1. The Bertz CT molecular complexity index is 1090. The number of rotatable bonds is 9. The zero-order valence-corrected chi connectivity index (χ0v) is 18.7. The Labute approximate surface area is 187 Å². The van der Waals surface area contributed by atoms with Gasteiger partial charge in [0.05, 0.1) is 32.0 Å². The van der Waals surface area contributed by atoms with Crippen LogP contribution in [0.4, 0.5) is 0 Å². The summed E-state index contributed by atoms with van der Waals surface area (Å²) in [5, 5.41) is 7.48. The van der Waals surface area contributed by atoms with Crippen molar-refractivity contribution >= 4 is 11.9 Å². The van der Waals surface area contributed by atoms with Crippen molar-refractivity contribution in [2.24, 2.45) is 0 Å². The van der Waals surface area contributed by atoms with E-state index in [1.54, 1.807) is 12.1 Å². The number of hydrogen-bond donors (Lipinski definition) is 1. The Morgan fingerprint density at radius 3 is 2.47 bits per heavy atom. The number of esters is 1. The molecule has 1 heterocycles. The van der Waals surface area contributed by atoms with Gasteiger partial charge in [-0.1, -0.05) is 30.3 Å². The summed E-state index contributed by atoms with van der Waals surface area (Å²) < 4.78 is 17.5. The molecule has 32 heavy (non-hydrogen) atoms. The van der Waals surface area contributed by atoms with E-state index in [0.717, 1.165) is 22.5 Å². The van der Waals surface area contributed by atoms with Crippen LogP contribution < -0.4 is 14.8 Å². The summed E-state index contributed by atoms with van der Waals surface area (Å²) in [6, 6.07) is 14.7. The third-order valence-electron chi connectivity index (χ3n) is 5.11. The van der Waals surface area contributed by atoms with Crippen molar-refractivity contribution in [2.75, 3.05) is 20.8 Å². The summed E-state index contributed by atoms with van der Waals surface area (Å²) in [4.78, 5) is 24.0. The highest BCUT2D eigenvalue weighted by Crippen LogP contribution is 2.28. The van der Waals surface area contributed by atoms with Crippen molar-refractivity contribution in [1.29, 1.82) is 0 Å². The van der Waals surface area contributed by atoms with E-state index in [1.807, 2.05) is 36.7 Å². The van der Waals surface area contributed by atoms with Crippen LogP contribution in [-0.2, 0) is 22.6 Å². The van der Waals surface area contributed by atoms with E-state index in [2.05, 4.69) is 22.5 Å². The zero-order chi connectivity index (χ0) is 23.1. The number of benzene rings is 2. The summed E-state index contributed by atoms with van der Waals surface area (Å²) >= 11 is 0. The van der Waals surface area contributed by atoms with Crippen LogP contribution in [-0.4, -0.2) is 42.5 Å². The Balaban J connectivity index is 1.58. The summed E-state index contributed by atoms with van der Waals surface area (Å²) in [5.74, 6) is -0.0576. The van der Waals surface area contributed by atoms with E-state index < -0.39 is 5.97 Å². The molecule has 0 fully saturated rings. The van der Waals surface area contributed by atoms with Crippen molar-refractivity contribution in [2.45, 2.75) is 26.9 Å². The fraction of sp³-hybridized carbons (Fsp3) is 0.292. The van der Waals surface area contributed by atoms with Crippen molar-refractivity contribution in [3.05, 3.63) is 76.6 Å². The summed E-state index contributed by atoms with van der Waals surface area (Å²) in [5.41, 5.74) is 4.36. The maximum atomic E-state index is 12.4. The molecule has 0 aliphatic carbocycles. The van der Waals surface area contributed by atoms with Crippen LogP contribution in [0, 0.1) is 13.8 Å². The van der Waals surface area contributed by atoms with Crippen LogP contribution >= 0.6 is 0 Å². The second kappa shape index (κ2) is 10.5. The highest BCUT2D eigenvalue weighted by Gasteiger charge is 2.15. The maximum absolute atomic E-state index is 12.4. The number of hydrogen-bond acceptors (Lipinski definition) is 6. The largest absolute Gasteiger partial charge is 0.493 e. The van der Waals surface area contributed by atoms with Gasteiger partial charge in [0.25, 0.3) is 5.91 Å². The van der Waals surface area contributed by atoms with E-state index in [-0.39, 0.29) is 12.5 Å². The second-order valence-corrected chi connectivity index (χ2v) is 7.22. The molecule has 0 saturated heterocycles. The highest BCUT2D eigenvalue weighted by molar-refractivity contribution is 5.90. The Morgan fingerprint density at radius 1 is 1.03 bits per heavy atom. The van der Waals surface area contributed by atoms with Gasteiger partial charge in [-0.25, -0.2) is 4.79 Å².